The average Bonchev–Trinajstić information content (AvgIpc) is 3.75. The van der Waals surface area contributed by atoms with Gasteiger partial charge in [0.15, 0.2) is 5.78 Å². The van der Waals surface area contributed by atoms with Crippen LogP contribution in [-0.4, -0.2) is 30.1 Å². The molecular formula is C30H31NO5. The molecule has 3 aromatic rings. The minimum absolute atomic E-state index is 0.0608. The predicted molar refractivity (Wildman–Crippen MR) is 137 cm³/mol. The molecule has 0 heterocycles. The SMILES string of the molecule is O=C(CCC(=O)C1CC1)NC(COCc1ccccc1)C(=O)Cc1ccc(Oc2ccccc2)cc1. The van der Waals surface area contributed by atoms with Crippen LogP contribution in [0, 0.1) is 5.92 Å². The molecule has 1 saturated carbocycles. The van der Waals surface area contributed by atoms with E-state index >= 15 is 0 Å². The number of rotatable bonds is 14. The molecule has 0 saturated heterocycles. The zero-order valence-corrected chi connectivity index (χ0v) is 20.2. The van der Waals surface area contributed by atoms with Crippen LogP contribution in [0.15, 0.2) is 84.9 Å². The summed E-state index contributed by atoms with van der Waals surface area (Å²) in [6.07, 6.45) is 2.29. The molecule has 1 aliphatic carbocycles. The number of carbonyl (C=O) groups is 3. The van der Waals surface area contributed by atoms with Gasteiger partial charge in [0.2, 0.25) is 5.91 Å². The van der Waals surface area contributed by atoms with Crippen LogP contribution < -0.4 is 10.1 Å². The van der Waals surface area contributed by atoms with Crippen LogP contribution in [0.1, 0.15) is 36.8 Å². The fourth-order valence-electron chi connectivity index (χ4n) is 3.82. The van der Waals surface area contributed by atoms with Gasteiger partial charge in [-0.1, -0.05) is 60.7 Å². The topological polar surface area (TPSA) is 81.7 Å². The second kappa shape index (κ2) is 12.8. The maximum absolute atomic E-state index is 13.1. The van der Waals surface area contributed by atoms with Gasteiger partial charge in [-0.25, -0.2) is 0 Å². The number of Topliss-reactive ketones (excluding diaryl/α,β-unsaturated/α-hetero) is 2. The molecule has 6 nitrogen and oxygen atoms in total. The Morgan fingerprint density at radius 2 is 1.42 bits per heavy atom. The quantitative estimate of drug-likeness (QED) is 0.346. The van der Waals surface area contributed by atoms with E-state index in [4.69, 9.17) is 9.47 Å². The predicted octanol–water partition coefficient (Wildman–Crippen LogP) is 5.05. The Kier molecular flexibility index (Phi) is 9.00. The molecule has 1 N–H and O–H groups in total. The van der Waals surface area contributed by atoms with Crippen molar-refractivity contribution in [2.45, 2.75) is 44.8 Å². The van der Waals surface area contributed by atoms with Crippen LogP contribution in [0.25, 0.3) is 0 Å². The van der Waals surface area contributed by atoms with Crippen LogP contribution in [0.4, 0.5) is 0 Å². The highest BCUT2D eigenvalue weighted by Gasteiger charge is 2.29. The van der Waals surface area contributed by atoms with Crippen molar-refractivity contribution in [3.05, 3.63) is 96.1 Å². The second-order valence-corrected chi connectivity index (χ2v) is 9.06. The number of nitrogens with one attached hydrogen (secondary N) is 1. The molecule has 0 aromatic heterocycles. The van der Waals surface area contributed by atoms with Gasteiger partial charge < -0.3 is 14.8 Å². The molecule has 36 heavy (non-hydrogen) atoms. The van der Waals surface area contributed by atoms with E-state index in [1.165, 1.54) is 0 Å². The van der Waals surface area contributed by atoms with Crippen molar-refractivity contribution >= 4 is 17.5 Å². The van der Waals surface area contributed by atoms with Gasteiger partial charge in [-0.05, 0) is 48.2 Å². The molecule has 0 spiro atoms. The van der Waals surface area contributed by atoms with E-state index in [1.807, 2.05) is 84.9 Å². The lowest BCUT2D eigenvalue weighted by atomic mass is 10.0. The van der Waals surface area contributed by atoms with Gasteiger partial charge in [-0.3, -0.25) is 14.4 Å². The molecule has 4 rings (SSSR count). The minimum Gasteiger partial charge on any atom is -0.457 e. The summed E-state index contributed by atoms with van der Waals surface area (Å²) < 4.78 is 11.6. The summed E-state index contributed by atoms with van der Waals surface area (Å²) in [6.45, 7) is 0.400. The van der Waals surface area contributed by atoms with Gasteiger partial charge in [0.05, 0.1) is 13.2 Å². The molecule has 1 atom stereocenters. The smallest absolute Gasteiger partial charge is 0.221 e. The third-order valence-corrected chi connectivity index (χ3v) is 6.03. The molecule has 1 aliphatic rings. The normalized spacial score (nSPS) is 13.6. The fraction of sp³-hybridized carbons (Fsp3) is 0.300. The first kappa shape index (κ1) is 25.3. The van der Waals surface area contributed by atoms with Crippen molar-refractivity contribution in [1.29, 1.82) is 0 Å². The molecule has 186 valence electrons. The Morgan fingerprint density at radius 1 is 0.778 bits per heavy atom. The molecule has 1 amide bonds. The standard InChI is InChI=1S/C30H31NO5/c32-28(24-13-14-24)17-18-30(34)31-27(21-35-20-23-7-3-1-4-8-23)29(33)19-22-11-15-26(16-12-22)36-25-9-5-2-6-10-25/h1-12,15-16,24,27H,13-14,17-21H2,(H,31,34). The number of hydrogen-bond donors (Lipinski definition) is 1. The highest BCUT2D eigenvalue weighted by atomic mass is 16.5. The van der Waals surface area contributed by atoms with E-state index in [2.05, 4.69) is 5.32 Å². The summed E-state index contributed by atoms with van der Waals surface area (Å²) in [5, 5.41) is 2.79. The Labute approximate surface area is 211 Å². The molecule has 6 heteroatoms. The molecule has 3 aromatic carbocycles. The number of carbonyl (C=O) groups excluding carboxylic acids is 3. The summed E-state index contributed by atoms with van der Waals surface area (Å²) in [4.78, 5) is 37.6. The van der Waals surface area contributed by atoms with Gasteiger partial charge in [-0.15, -0.1) is 0 Å². The number of ether oxygens (including phenoxy) is 2. The largest absolute Gasteiger partial charge is 0.457 e. The highest BCUT2D eigenvalue weighted by molar-refractivity contribution is 5.92. The van der Waals surface area contributed by atoms with Crippen LogP contribution in [0.5, 0.6) is 11.5 Å². The Balaban J connectivity index is 1.33. The van der Waals surface area contributed by atoms with Crippen molar-refractivity contribution in [2.24, 2.45) is 5.92 Å². The Morgan fingerprint density at radius 3 is 2.08 bits per heavy atom. The highest BCUT2D eigenvalue weighted by Crippen LogP contribution is 2.31. The number of hydrogen-bond acceptors (Lipinski definition) is 5. The lowest BCUT2D eigenvalue weighted by molar-refractivity contribution is -0.130. The average molecular weight is 486 g/mol. The van der Waals surface area contributed by atoms with Crippen molar-refractivity contribution in [3.8, 4) is 11.5 Å². The van der Waals surface area contributed by atoms with Crippen molar-refractivity contribution in [1.82, 2.24) is 5.32 Å². The maximum atomic E-state index is 13.1. The van der Waals surface area contributed by atoms with Gasteiger partial charge >= 0.3 is 0 Å². The number of benzene rings is 3. The molecule has 0 bridgehead atoms. The van der Waals surface area contributed by atoms with E-state index in [9.17, 15) is 14.4 Å². The zero-order valence-electron chi connectivity index (χ0n) is 20.2. The first-order valence-electron chi connectivity index (χ1n) is 12.3. The molecule has 0 aliphatic heterocycles. The van der Waals surface area contributed by atoms with Crippen LogP contribution in [0.3, 0.4) is 0 Å². The summed E-state index contributed by atoms with van der Waals surface area (Å²) in [7, 11) is 0. The lowest BCUT2D eigenvalue weighted by Gasteiger charge is -2.18. The van der Waals surface area contributed by atoms with Gasteiger partial charge in [0, 0.05) is 25.2 Å². The number of ketones is 2. The lowest BCUT2D eigenvalue weighted by Crippen LogP contribution is -2.44. The summed E-state index contributed by atoms with van der Waals surface area (Å²) in [6, 6.07) is 25.7. The van der Waals surface area contributed by atoms with Crippen molar-refractivity contribution < 1.29 is 23.9 Å². The molecule has 1 fully saturated rings. The summed E-state index contributed by atoms with van der Waals surface area (Å²) >= 11 is 0. The fourth-order valence-corrected chi connectivity index (χ4v) is 3.82. The second-order valence-electron chi connectivity index (χ2n) is 9.06. The van der Waals surface area contributed by atoms with Crippen LogP contribution in [0.2, 0.25) is 0 Å². The number of amides is 1. The summed E-state index contributed by atoms with van der Waals surface area (Å²) in [5.74, 6) is 1.21. The summed E-state index contributed by atoms with van der Waals surface area (Å²) in [5.41, 5.74) is 1.80. The van der Waals surface area contributed by atoms with Gasteiger partial charge in [-0.2, -0.15) is 0 Å². The van der Waals surface area contributed by atoms with Crippen molar-refractivity contribution in [3.63, 3.8) is 0 Å². The third-order valence-electron chi connectivity index (χ3n) is 6.03. The Bertz CT molecular complexity index is 1140. The zero-order chi connectivity index (χ0) is 25.2. The third kappa shape index (κ3) is 8.17. The Hall–Kier alpha value is -3.77. The maximum Gasteiger partial charge on any atom is 0.221 e. The van der Waals surface area contributed by atoms with E-state index in [0.29, 0.717) is 12.4 Å². The molecule has 0 radical (unpaired) electrons. The first-order valence-corrected chi connectivity index (χ1v) is 12.3. The van der Waals surface area contributed by atoms with Crippen molar-refractivity contribution in [2.75, 3.05) is 6.61 Å². The van der Waals surface area contributed by atoms with Crippen LogP contribution >= 0.6 is 0 Å². The van der Waals surface area contributed by atoms with E-state index in [-0.39, 0.29) is 49.3 Å². The van der Waals surface area contributed by atoms with E-state index in [0.717, 1.165) is 29.7 Å². The minimum atomic E-state index is -0.794. The van der Waals surface area contributed by atoms with Gasteiger partial charge in [0.25, 0.3) is 0 Å². The van der Waals surface area contributed by atoms with E-state index in [1.54, 1.807) is 0 Å². The first-order chi connectivity index (χ1) is 17.6. The number of para-hydroxylation sites is 1. The van der Waals surface area contributed by atoms with Gasteiger partial charge in [0.1, 0.15) is 23.3 Å². The molecule has 1 unspecified atom stereocenters. The molecular weight excluding hydrogens is 454 g/mol. The monoisotopic (exact) mass is 485 g/mol. The van der Waals surface area contributed by atoms with E-state index < -0.39 is 6.04 Å². The van der Waals surface area contributed by atoms with Crippen LogP contribution in [-0.2, 0) is 32.1 Å².